The van der Waals surface area contributed by atoms with Gasteiger partial charge in [-0.15, -0.1) is 11.3 Å². The monoisotopic (exact) mass is 744 g/mol. The smallest absolute Gasteiger partial charge is 0.410 e. The lowest BCUT2D eigenvalue weighted by Crippen LogP contribution is -2.56. The van der Waals surface area contributed by atoms with Crippen LogP contribution in [0.5, 0.6) is 5.75 Å². The molecule has 2 N–H and O–H groups in total. The molecule has 15 heteroatoms. The normalized spacial score (nSPS) is 17.6. The molecular formula is C37H52N4O10S. The Morgan fingerprint density at radius 2 is 1.73 bits per heavy atom. The number of carbonyl (C=O) groups excluding carboxylic acids is 4. The number of likely N-dealkylation sites (N-methyl/N-ethyl adjacent to an activating group) is 1. The molecule has 1 aromatic heterocycles. The predicted molar refractivity (Wildman–Crippen MR) is 192 cm³/mol. The molecule has 0 unspecified atom stereocenters. The van der Waals surface area contributed by atoms with Gasteiger partial charge < -0.3 is 34.3 Å². The van der Waals surface area contributed by atoms with Crippen LogP contribution in [0.4, 0.5) is 4.79 Å². The van der Waals surface area contributed by atoms with Crippen LogP contribution in [0.25, 0.3) is 0 Å². The van der Waals surface area contributed by atoms with E-state index < -0.39 is 35.7 Å². The number of amides is 3. The zero-order chi connectivity index (χ0) is 37.8. The average Bonchev–Trinajstić information content (AvgIpc) is 3.81. The van der Waals surface area contributed by atoms with E-state index in [0.29, 0.717) is 29.3 Å². The van der Waals surface area contributed by atoms with Crippen molar-refractivity contribution in [3.8, 4) is 5.75 Å². The zero-order valence-corrected chi connectivity index (χ0v) is 31.6. The summed E-state index contributed by atoms with van der Waals surface area (Å²) in [5.41, 5.74) is -0.0360. The van der Waals surface area contributed by atoms with Gasteiger partial charge in [-0.3, -0.25) is 19.3 Å². The summed E-state index contributed by atoms with van der Waals surface area (Å²) in [5.74, 6) is -1.44. The van der Waals surface area contributed by atoms with Crippen molar-refractivity contribution in [2.24, 2.45) is 5.92 Å². The topological polar surface area (TPSA) is 174 Å². The summed E-state index contributed by atoms with van der Waals surface area (Å²) < 4.78 is 21.5. The Morgan fingerprint density at radius 3 is 2.44 bits per heavy atom. The maximum Gasteiger partial charge on any atom is 0.410 e. The lowest BCUT2D eigenvalue weighted by Gasteiger charge is -2.36. The molecule has 4 rings (SSSR count). The number of ketones is 1. The van der Waals surface area contributed by atoms with Gasteiger partial charge in [0.05, 0.1) is 25.9 Å². The summed E-state index contributed by atoms with van der Waals surface area (Å²) in [6.07, 6.45) is 5.51. The third kappa shape index (κ3) is 11.7. The fraction of sp³-hybridized carbons (Fsp3) is 0.622. The van der Waals surface area contributed by atoms with Gasteiger partial charge in [-0.1, -0.05) is 31.4 Å². The Bertz CT molecular complexity index is 1540. The highest BCUT2D eigenvalue weighted by Gasteiger charge is 2.41. The van der Waals surface area contributed by atoms with E-state index >= 15 is 0 Å². The van der Waals surface area contributed by atoms with Crippen molar-refractivity contribution in [2.75, 3.05) is 46.6 Å². The van der Waals surface area contributed by atoms with Crippen molar-refractivity contribution in [3.05, 3.63) is 45.9 Å². The fourth-order valence-corrected chi connectivity index (χ4v) is 7.22. The maximum atomic E-state index is 14.3. The number of carboxylic acids is 1. The highest BCUT2D eigenvalue weighted by Crippen LogP contribution is 2.37. The molecule has 3 atom stereocenters. The van der Waals surface area contributed by atoms with Crippen LogP contribution in [0.1, 0.15) is 99.7 Å². The summed E-state index contributed by atoms with van der Waals surface area (Å²) in [6.45, 7) is 7.91. The van der Waals surface area contributed by atoms with Gasteiger partial charge in [-0.05, 0) is 71.4 Å². The second-order valence-electron chi connectivity index (χ2n) is 14.2. The van der Waals surface area contributed by atoms with Crippen molar-refractivity contribution >= 4 is 41.0 Å². The van der Waals surface area contributed by atoms with Crippen LogP contribution in [-0.2, 0) is 28.6 Å². The number of carbonyl (C=O) groups is 5. The molecule has 2 aliphatic rings. The molecule has 1 aromatic carbocycles. The molecule has 1 saturated heterocycles. The number of carboxylic acid groups (broad SMARTS) is 1. The molecule has 1 saturated carbocycles. The first kappa shape index (κ1) is 40.7. The Hall–Kier alpha value is -4.08. The number of hydrogen-bond donors (Lipinski definition) is 2. The van der Waals surface area contributed by atoms with Gasteiger partial charge >= 0.3 is 12.1 Å². The third-order valence-corrected chi connectivity index (χ3v) is 10.0. The first-order valence-corrected chi connectivity index (χ1v) is 18.8. The molecule has 3 amide bonds. The maximum absolute atomic E-state index is 14.3. The number of nitrogens with zero attached hydrogens (tertiary/aromatic N) is 3. The Balaban J connectivity index is 1.39. The summed E-state index contributed by atoms with van der Waals surface area (Å²) in [7, 11) is 1.51. The van der Waals surface area contributed by atoms with Crippen molar-refractivity contribution < 1.29 is 48.0 Å². The lowest BCUT2D eigenvalue weighted by molar-refractivity contribution is -0.142. The lowest BCUT2D eigenvalue weighted by atomic mass is 9.83. The second kappa shape index (κ2) is 19.1. The summed E-state index contributed by atoms with van der Waals surface area (Å²) >= 11 is 1.34. The Morgan fingerprint density at radius 1 is 1.02 bits per heavy atom. The minimum Gasteiger partial charge on any atom is -0.491 e. The molecule has 14 nitrogen and oxygen atoms in total. The number of hydrogen-bond acceptors (Lipinski definition) is 11. The third-order valence-electron chi connectivity index (χ3n) is 9.09. The molecule has 1 aliphatic carbocycles. The van der Waals surface area contributed by atoms with Gasteiger partial charge in [-0.2, -0.15) is 0 Å². The van der Waals surface area contributed by atoms with E-state index in [4.69, 9.17) is 29.0 Å². The van der Waals surface area contributed by atoms with Crippen LogP contribution >= 0.6 is 11.3 Å². The quantitative estimate of drug-likeness (QED) is 0.167. The summed E-state index contributed by atoms with van der Waals surface area (Å²) in [6, 6.07) is 4.86. The molecule has 0 radical (unpaired) electrons. The number of thiazole rings is 1. The standard InChI is InChI=1S/C37H52N4O10S/c1-24(40(5)36(47)51-37(2,3)4)33(45)39-31(25-11-7-6-8-12-25)35(46)41-16-10-15-29(41)34-38-28(23-52-34)32(44)26-13-9-14-27(21-26)50-20-19-48-17-18-49-22-30(42)43/h9,13-14,21,23-25,29,31H,6-8,10-12,15-20,22H2,1-5H3,(H,39,45)(H,42,43)/t24-,29-,31-/m0/s1. The number of ether oxygens (including phenoxy) is 4. The van der Waals surface area contributed by atoms with Crippen LogP contribution in [-0.4, -0.2) is 114 Å². The van der Waals surface area contributed by atoms with E-state index in [1.54, 1.807) is 62.2 Å². The SMILES string of the molecule is C[C@@H](C(=O)N[C@H](C(=O)N1CCC[C@H]1c1nc(C(=O)c2cccc(OCCOCCOCC(=O)O)c2)cs1)C1CCCCC1)N(C)C(=O)OC(C)(C)C. The van der Waals surface area contributed by atoms with Crippen molar-refractivity contribution in [2.45, 2.75) is 96.4 Å². The number of benzene rings is 1. The van der Waals surface area contributed by atoms with Gasteiger partial charge in [-0.25, -0.2) is 14.6 Å². The van der Waals surface area contributed by atoms with Crippen molar-refractivity contribution in [3.63, 3.8) is 0 Å². The van der Waals surface area contributed by atoms with Gasteiger partial charge in [0, 0.05) is 24.5 Å². The largest absolute Gasteiger partial charge is 0.491 e. The molecule has 2 heterocycles. The summed E-state index contributed by atoms with van der Waals surface area (Å²) in [5, 5.41) is 14.0. The number of aromatic nitrogens is 1. The molecular weight excluding hydrogens is 692 g/mol. The van der Waals surface area contributed by atoms with Gasteiger partial charge in [0.15, 0.2) is 0 Å². The van der Waals surface area contributed by atoms with E-state index in [-0.39, 0.29) is 62.4 Å². The first-order valence-electron chi connectivity index (χ1n) is 17.9. The van der Waals surface area contributed by atoms with E-state index in [1.807, 2.05) is 0 Å². The molecule has 2 aromatic rings. The number of likely N-dealkylation sites (tertiary alicyclic amines) is 1. The average molecular weight is 745 g/mol. The molecule has 0 spiro atoms. The van der Waals surface area contributed by atoms with E-state index in [1.165, 1.54) is 23.3 Å². The predicted octanol–water partition coefficient (Wildman–Crippen LogP) is 4.85. The molecule has 286 valence electrons. The zero-order valence-electron chi connectivity index (χ0n) is 30.8. The molecule has 2 fully saturated rings. The number of aliphatic carboxylic acids is 1. The minimum absolute atomic E-state index is 0.0298. The number of nitrogens with one attached hydrogen (secondary N) is 1. The van der Waals surface area contributed by atoms with Gasteiger partial charge in [0.25, 0.3) is 0 Å². The fourth-order valence-electron chi connectivity index (χ4n) is 6.27. The Labute approximate surface area is 309 Å². The van der Waals surface area contributed by atoms with Crippen molar-refractivity contribution in [1.29, 1.82) is 0 Å². The van der Waals surface area contributed by atoms with Gasteiger partial charge in [0.1, 0.15) is 47.3 Å². The molecule has 52 heavy (non-hydrogen) atoms. The second-order valence-corrected chi connectivity index (χ2v) is 15.1. The van der Waals surface area contributed by atoms with E-state index in [9.17, 15) is 24.0 Å². The number of rotatable bonds is 17. The van der Waals surface area contributed by atoms with Crippen LogP contribution in [0.15, 0.2) is 29.6 Å². The highest BCUT2D eigenvalue weighted by molar-refractivity contribution is 7.10. The van der Waals surface area contributed by atoms with Crippen LogP contribution in [0.2, 0.25) is 0 Å². The van der Waals surface area contributed by atoms with Crippen LogP contribution in [0.3, 0.4) is 0 Å². The highest BCUT2D eigenvalue weighted by atomic mass is 32.1. The van der Waals surface area contributed by atoms with E-state index in [0.717, 1.165) is 38.5 Å². The first-order chi connectivity index (χ1) is 24.7. The Kier molecular flexibility index (Phi) is 15.0. The minimum atomic E-state index is -1.04. The molecule has 1 aliphatic heterocycles. The van der Waals surface area contributed by atoms with E-state index in [2.05, 4.69) is 5.32 Å². The van der Waals surface area contributed by atoms with Gasteiger partial charge in [0.2, 0.25) is 17.6 Å². The van der Waals surface area contributed by atoms with Crippen LogP contribution < -0.4 is 10.1 Å². The van der Waals surface area contributed by atoms with Crippen molar-refractivity contribution in [1.82, 2.24) is 20.1 Å². The van der Waals surface area contributed by atoms with Crippen LogP contribution in [0, 0.1) is 5.92 Å². The summed E-state index contributed by atoms with van der Waals surface area (Å²) in [4.78, 5) is 72.3. The molecule has 0 bridgehead atoms.